The van der Waals surface area contributed by atoms with Gasteiger partial charge < -0.3 is 11.1 Å². The molecule has 3 aromatic rings. The van der Waals surface area contributed by atoms with Gasteiger partial charge in [-0.15, -0.1) is 0 Å². The van der Waals surface area contributed by atoms with Gasteiger partial charge in [-0.3, -0.25) is 4.98 Å². The number of alkyl halides is 6. The summed E-state index contributed by atoms with van der Waals surface area (Å²) in [6.45, 7) is 2.56. The van der Waals surface area contributed by atoms with Crippen molar-refractivity contribution in [3.05, 3.63) is 76.5 Å². The molecule has 1 heterocycles. The van der Waals surface area contributed by atoms with E-state index in [0.29, 0.717) is 12.5 Å². The summed E-state index contributed by atoms with van der Waals surface area (Å²) in [5, 5.41) is 3.96. The van der Waals surface area contributed by atoms with Crippen molar-refractivity contribution in [1.29, 1.82) is 0 Å². The predicted molar refractivity (Wildman–Crippen MR) is 127 cm³/mol. The molecule has 0 saturated heterocycles. The molecule has 4 rings (SSSR count). The summed E-state index contributed by atoms with van der Waals surface area (Å²) in [4.78, 5) is 4.96. The lowest BCUT2D eigenvalue weighted by molar-refractivity contribution is -0.143. The van der Waals surface area contributed by atoms with Gasteiger partial charge in [0.05, 0.1) is 22.3 Å². The highest BCUT2D eigenvalue weighted by atomic mass is 19.4. The molecule has 9 heteroatoms. The van der Waals surface area contributed by atoms with Gasteiger partial charge in [-0.25, -0.2) is 0 Å². The van der Waals surface area contributed by atoms with E-state index in [0.717, 1.165) is 60.0 Å². The van der Waals surface area contributed by atoms with Gasteiger partial charge in [0, 0.05) is 30.4 Å². The van der Waals surface area contributed by atoms with Crippen LogP contribution >= 0.6 is 0 Å². The summed E-state index contributed by atoms with van der Waals surface area (Å²) in [7, 11) is 0. The number of nitrogens with two attached hydrogens (primary N) is 1. The van der Waals surface area contributed by atoms with Crippen molar-refractivity contribution in [3.63, 3.8) is 0 Å². The molecule has 2 aromatic carbocycles. The van der Waals surface area contributed by atoms with Gasteiger partial charge in [-0.1, -0.05) is 38.0 Å². The molecule has 1 aromatic heterocycles. The van der Waals surface area contributed by atoms with E-state index in [2.05, 4.69) is 12.2 Å². The fourth-order valence-electron chi connectivity index (χ4n) is 5.27. The molecule has 1 unspecified atom stereocenters. The summed E-state index contributed by atoms with van der Waals surface area (Å²) in [5.41, 5.74) is 5.67. The number of benzene rings is 2. The van der Waals surface area contributed by atoms with E-state index in [-0.39, 0.29) is 24.7 Å². The van der Waals surface area contributed by atoms with Crippen LogP contribution in [0.4, 0.5) is 26.3 Å². The zero-order chi connectivity index (χ0) is 26.1. The van der Waals surface area contributed by atoms with Crippen LogP contribution in [0.15, 0.2) is 48.5 Å². The first-order chi connectivity index (χ1) is 16.9. The number of nitrogens with one attached hydrogen (secondary N) is 1. The number of pyridine rings is 1. The lowest BCUT2D eigenvalue weighted by Gasteiger charge is -2.36. The van der Waals surface area contributed by atoms with Crippen LogP contribution in [0.2, 0.25) is 0 Å². The zero-order valence-corrected chi connectivity index (χ0v) is 19.9. The Labute approximate surface area is 206 Å². The normalized spacial score (nSPS) is 17.0. The van der Waals surface area contributed by atoms with Crippen LogP contribution in [0.25, 0.3) is 10.9 Å². The number of fused-ring (bicyclic) bond motifs is 1. The third kappa shape index (κ3) is 5.52. The van der Waals surface area contributed by atoms with Crippen molar-refractivity contribution in [2.75, 3.05) is 6.54 Å². The molecule has 3 nitrogen and oxygen atoms in total. The highest BCUT2D eigenvalue weighted by Crippen LogP contribution is 2.42. The monoisotopic (exact) mass is 509 g/mol. The van der Waals surface area contributed by atoms with Crippen LogP contribution in [0.5, 0.6) is 0 Å². The first kappa shape index (κ1) is 26.4. The minimum atomic E-state index is -4.88. The lowest BCUT2D eigenvalue weighted by Crippen LogP contribution is -2.40. The average molecular weight is 510 g/mol. The Kier molecular flexibility index (Phi) is 7.35. The average Bonchev–Trinajstić information content (AvgIpc) is 3.37. The minimum absolute atomic E-state index is 0.0928. The first-order valence-electron chi connectivity index (χ1n) is 12.0. The standard InChI is InChI=1S/C27H29F6N3/c1-25(16-34,20-7-3-4-8-20)24-19(12-18-6-2-5-9-23(18)36-24)15-35-14-17-10-21(26(28,29)30)13-22(11-17)27(31,32)33/h2,5-6,9-13,20,35H,3-4,7-8,14-16,34H2,1H3. The second kappa shape index (κ2) is 10.0. The quantitative estimate of drug-likeness (QED) is 0.338. The molecule has 1 aliphatic rings. The van der Waals surface area contributed by atoms with E-state index in [9.17, 15) is 26.3 Å². The summed E-state index contributed by atoms with van der Waals surface area (Å²) >= 11 is 0. The van der Waals surface area contributed by atoms with E-state index in [1.54, 1.807) is 0 Å². The Hall–Kier alpha value is -2.65. The molecule has 1 atom stereocenters. The molecule has 0 radical (unpaired) electrons. The summed E-state index contributed by atoms with van der Waals surface area (Å²) in [6.07, 6.45) is -5.43. The van der Waals surface area contributed by atoms with Crippen molar-refractivity contribution in [1.82, 2.24) is 10.3 Å². The van der Waals surface area contributed by atoms with Gasteiger partial charge in [-0.05, 0) is 60.2 Å². The van der Waals surface area contributed by atoms with Gasteiger partial charge in [0.25, 0.3) is 0 Å². The summed E-state index contributed by atoms with van der Waals surface area (Å²) < 4.78 is 79.4. The molecule has 1 fully saturated rings. The molecule has 36 heavy (non-hydrogen) atoms. The second-order valence-corrected chi connectivity index (χ2v) is 9.81. The summed E-state index contributed by atoms with van der Waals surface area (Å²) in [5.74, 6) is 0.354. The van der Waals surface area contributed by atoms with Crippen molar-refractivity contribution in [2.24, 2.45) is 11.7 Å². The van der Waals surface area contributed by atoms with Crippen LogP contribution in [0, 0.1) is 5.92 Å². The fraction of sp³-hybridized carbons (Fsp3) is 0.444. The van der Waals surface area contributed by atoms with E-state index >= 15 is 0 Å². The number of para-hydroxylation sites is 1. The van der Waals surface area contributed by atoms with Crippen molar-refractivity contribution in [3.8, 4) is 0 Å². The Bertz CT molecular complexity index is 1180. The molecule has 3 N–H and O–H groups in total. The number of rotatable bonds is 7. The van der Waals surface area contributed by atoms with Gasteiger partial charge in [0.15, 0.2) is 0 Å². The Morgan fingerprint density at radius 2 is 1.50 bits per heavy atom. The zero-order valence-electron chi connectivity index (χ0n) is 19.9. The Morgan fingerprint density at radius 3 is 2.08 bits per heavy atom. The van der Waals surface area contributed by atoms with Gasteiger partial charge in [-0.2, -0.15) is 26.3 Å². The molecule has 0 bridgehead atoms. The van der Waals surface area contributed by atoms with Crippen molar-refractivity contribution >= 4 is 10.9 Å². The second-order valence-electron chi connectivity index (χ2n) is 9.81. The molecule has 1 aliphatic carbocycles. The molecular weight excluding hydrogens is 480 g/mol. The van der Waals surface area contributed by atoms with Crippen LogP contribution in [0.3, 0.4) is 0 Å². The number of nitrogens with zero attached hydrogens (tertiary/aromatic N) is 1. The number of hydrogen-bond donors (Lipinski definition) is 2. The van der Waals surface area contributed by atoms with E-state index in [1.165, 1.54) is 0 Å². The molecular formula is C27H29F6N3. The first-order valence-corrected chi connectivity index (χ1v) is 12.0. The number of aromatic nitrogens is 1. The maximum Gasteiger partial charge on any atom is 0.416 e. The molecule has 194 valence electrons. The number of halogens is 6. The van der Waals surface area contributed by atoms with Gasteiger partial charge in [0.2, 0.25) is 0 Å². The van der Waals surface area contributed by atoms with Crippen molar-refractivity contribution in [2.45, 2.75) is 63.5 Å². The summed E-state index contributed by atoms with van der Waals surface area (Å²) in [6, 6.07) is 11.3. The van der Waals surface area contributed by atoms with Crippen LogP contribution in [-0.4, -0.2) is 11.5 Å². The minimum Gasteiger partial charge on any atom is -0.330 e. The maximum atomic E-state index is 13.2. The van der Waals surface area contributed by atoms with Gasteiger partial charge in [0.1, 0.15) is 0 Å². The van der Waals surface area contributed by atoms with Gasteiger partial charge >= 0.3 is 12.4 Å². The fourth-order valence-corrected chi connectivity index (χ4v) is 5.27. The Morgan fingerprint density at radius 1 is 0.889 bits per heavy atom. The highest BCUT2D eigenvalue weighted by molar-refractivity contribution is 5.79. The van der Waals surface area contributed by atoms with E-state index < -0.39 is 28.9 Å². The van der Waals surface area contributed by atoms with Crippen LogP contribution in [0.1, 0.15) is 60.6 Å². The largest absolute Gasteiger partial charge is 0.416 e. The van der Waals surface area contributed by atoms with Crippen LogP contribution in [-0.2, 0) is 30.9 Å². The molecule has 1 saturated carbocycles. The van der Waals surface area contributed by atoms with Crippen molar-refractivity contribution < 1.29 is 26.3 Å². The molecule has 0 spiro atoms. The third-order valence-corrected chi connectivity index (χ3v) is 7.32. The number of hydrogen-bond acceptors (Lipinski definition) is 3. The third-order valence-electron chi connectivity index (χ3n) is 7.32. The SMILES string of the molecule is CC(CN)(c1nc2ccccc2cc1CNCc1cc(C(F)(F)F)cc(C(F)(F)F)c1)C1CCCC1. The predicted octanol–water partition coefficient (Wildman–Crippen LogP) is 6.97. The Balaban J connectivity index is 1.66. The van der Waals surface area contributed by atoms with E-state index in [4.69, 9.17) is 10.7 Å². The molecule has 0 aliphatic heterocycles. The van der Waals surface area contributed by atoms with Crippen LogP contribution < -0.4 is 11.1 Å². The highest BCUT2D eigenvalue weighted by Gasteiger charge is 2.39. The maximum absolute atomic E-state index is 13.2. The smallest absolute Gasteiger partial charge is 0.330 e. The molecule has 0 amide bonds. The topological polar surface area (TPSA) is 50.9 Å². The lowest BCUT2D eigenvalue weighted by atomic mass is 9.71. The van der Waals surface area contributed by atoms with E-state index in [1.807, 2.05) is 30.3 Å².